The molecule has 4 aromatic rings. The quantitative estimate of drug-likeness (QED) is 0.397. The Labute approximate surface area is 184 Å². The number of aromatic amines is 1. The van der Waals surface area contributed by atoms with Crippen LogP contribution in [0, 0.1) is 0 Å². The van der Waals surface area contributed by atoms with Gasteiger partial charge in [-0.1, -0.05) is 36.4 Å². The van der Waals surface area contributed by atoms with E-state index in [2.05, 4.69) is 25.5 Å². The molecule has 2 aromatic carbocycles. The van der Waals surface area contributed by atoms with Crippen molar-refractivity contribution in [3.8, 4) is 23.0 Å². The molecule has 160 valence electrons. The van der Waals surface area contributed by atoms with Gasteiger partial charge in [-0.25, -0.2) is 4.79 Å². The van der Waals surface area contributed by atoms with Crippen molar-refractivity contribution in [1.29, 1.82) is 0 Å². The Morgan fingerprint density at radius 1 is 1.00 bits per heavy atom. The van der Waals surface area contributed by atoms with Crippen LogP contribution in [-0.4, -0.2) is 33.2 Å². The van der Waals surface area contributed by atoms with Crippen LogP contribution >= 0.6 is 0 Å². The predicted molar refractivity (Wildman–Crippen MR) is 119 cm³/mol. The summed E-state index contributed by atoms with van der Waals surface area (Å²) in [5.41, 5.74) is 3.12. The average Bonchev–Trinajstić information content (AvgIpc) is 3.58. The lowest BCUT2D eigenvalue weighted by molar-refractivity contribution is 0.0600. The molecule has 0 unspecified atom stereocenters. The second kappa shape index (κ2) is 8.50. The molecule has 1 fully saturated rings. The summed E-state index contributed by atoms with van der Waals surface area (Å²) in [5.74, 6) is 1.79. The van der Waals surface area contributed by atoms with Crippen LogP contribution < -0.4 is 10.1 Å². The zero-order chi connectivity index (χ0) is 21.9. The molecule has 1 saturated carbocycles. The molecule has 0 aliphatic heterocycles. The molecular weight excluding hydrogens is 406 g/mol. The van der Waals surface area contributed by atoms with Gasteiger partial charge in [0.1, 0.15) is 11.6 Å². The number of anilines is 2. The van der Waals surface area contributed by atoms with Crippen molar-refractivity contribution in [2.45, 2.75) is 18.8 Å². The molecule has 0 radical (unpaired) electrons. The molecule has 0 bridgehead atoms. The monoisotopic (exact) mass is 427 g/mol. The number of nitrogens with one attached hydrogen (secondary N) is 2. The van der Waals surface area contributed by atoms with Gasteiger partial charge in [0, 0.05) is 29.3 Å². The van der Waals surface area contributed by atoms with Gasteiger partial charge < -0.3 is 14.8 Å². The second-order valence-corrected chi connectivity index (χ2v) is 7.52. The molecule has 5 rings (SSSR count). The maximum atomic E-state index is 11.8. The van der Waals surface area contributed by atoms with Gasteiger partial charge >= 0.3 is 12.0 Å². The lowest BCUT2D eigenvalue weighted by Crippen LogP contribution is -2.02. The topological polar surface area (TPSA) is 102 Å². The second-order valence-electron chi connectivity index (χ2n) is 7.52. The van der Waals surface area contributed by atoms with Crippen molar-refractivity contribution < 1.29 is 14.3 Å². The SMILES string of the molecule is COC(=O)c1cccc(Oc2nc(Nc3cc(C4CC4)[nH]n3)cc(-c3ccccc3)n2)c1. The number of hydrogen-bond acceptors (Lipinski definition) is 7. The maximum Gasteiger partial charge on any atom is 0.337 e. The Morgan fingerprint density at radius 2 is 1.84 bits per heavy atom. The molecule has 2 heterocycles. The number of carbonyl (C=O) groups excluding carboxylic acids is 1. The van der Waals surface area contributed by atoms with E-state index >= 15 is 0 Å². The van der Waals surface area contributed by atoms with E-state index in [9.17, 15) is 4.79 Å². The number of carbonyl (C=O) groups is 1. The first-order chi connectivity index (χ1) is 15.7. The van der Waals surface area contributed by atoms with E-state index in [4.69, 9.17) is 9.47 Å². The lowest BCUT2D eigenvalue weighted by atomic mass is 10.1. The molecule has 1 aliphatic rings. The number of hydrogen-bond donors (Lipinski definition) is 2. The minimum atomic E-state index is -0.443. The third-order valence-electron chi connectivity index (χ3n) is 5.11. The summed E-state index contributed by atoms with van der Waals surface area (Å²) < 4.78 is 10.7. The molecule has 2 N–H and O–H groups in total. The summed E-state index contributed by atoms with van der Waals surface area (Å²) in [6.45, 7) is 0. The number of rotatable bonds is 7. The number of methoxy groups -OCH3 is 1. The molecule has 0 saturated heterocycles. The van der Waals surface area contributed by atoms with Gasteiger partial charge in [0.25, 0.3) is 0 Å². The first-order valence-electron chi connectivity index (χ1n) is 10.3. The van der Waals surface area contributed by atoms with Crippen molar-refractivity contribution in [3.05, 3.63) is 78.0 Å². The number of benzene rings is 2. The van der Waals surface area contributed by atoms with Crippen LogP contribution in [0.5, 0.6) is 11.8 Å². The smallest absolute Gasteiger partial charge is 0.337 e. The summed E-state index contributed by atoms with van der Waals surface area (Å²) in [6.07, 6.45) is 2.38. The Balaban J connectivity index is 1.47. The summed E-state index contributed by atoms with van der Waals surface area (Å²) >= 11 is 0. The molecule has 32 heavy (non-hydrogen) atoms. The van der Waals surface area contributed by atoms with Crippen molar-refractivity contribution >= 4 is 17.6 Å². The minimum Gasteiger partial charge on any atom is -0.465 e. The largest absolute Gasteiger partial charge is 0.465 e. The summed E-state index contributed by atoms with van der Waals surface area (Å²) in [5, 5.41) is 10.7. The fourth-order valence-corrected chi connectivity index (χ4v) is 3.34. The zero-order valence-electron chi connectivity index (χ0n) is 17.4. The van der Waals surface area contributed by atoms with Crippen LogP contribution in [0.1, 0.15) is 34.8 Å². The zero-order valence-corrected chi connectivity index (χ0v) is 17.4. The van der Waals surface area contributed by atoms with Crippen LogP contribution in [0.2, 0.25) is 0 Å². The van der Waals surface area contributed by atoms with Crippen LogP contribution in [0.25, 0.3) is 11.3 Å². The van der Waals surface area contributed by atoms with Crippen LogP contribution in [-0.2, 0) is 4.74 Å². The van der Waals surface area contributed by atoms with Crippen LogP contribution in [0.3, 0.4) is 0 Å². The highest BCUT2D eigenvalue weighted by atomic mass is 16.5. The average molecular weight is 427 g/mol. The van der Waals surface area contributed by atoms with E-state index in [0.717, 1.165) is 11.3 Å². The molecular formula is C24H21N5O3. The summed E-state index contributed by atoms with van der Waals surface area (Å²) in [7, 11) is 1.34. The first-order valence-corrected chi connectivity index (χ1v) is 10.3. The van der Waals surface area contributed by atoms with Crippen LogP contribution in [0.15, 0.2) is 66.7 Å². The van der Waals surface area contributed by atoms with Gasteiger partial charge in [-0.2, -0.15) is 15.1 Å². The highest BCUT2D eigenvalue weighted by molar-refractivity contribution is 5.89. The van der Waals surface area contributed by atoms with Gasteiger partial charge in [0.15, 0.2) is 5.82 Å². The lowest BCUT2D eigenvalue weighted by Gasteiger charge is -2.10. The van der Waals surface area contributed by atoms with Gasteiger partial charge in [0.2, 0.25) is 0 Å². The van der Waals surface area contributed by atoms with E-state index in [1.807, 2.05) is 42.5 Å². The van der Waals surface area contributed by atoms with Gasteiger partial charge in [0.05, 0.1) is 18.4 Å². The highest BCUT2D eigenvalue weighted by Crippen LogP contribution is 2.39. The molecule has 1 aliphatic carbocycles. The number of aromatic nitrogens is 4. The van der Waals surface area contributed by atoms with Gasteiger partial charge in [-0.15, -0.1) is 0 Å². The Hall–Kier alpha value is -4.20. The summed E-state index contributed by atoms with van der Waals surface area (Å²) in [6, 6.07) is 20.5. The molecule has 0 amide bonds. The van der Waals surface area contributed by atoms with Crippen LogP contribution in [0.4, 0.5) is 11.6 Å². The number of ether oxygens (including phenoxy) is 2. The van der Waals surface area contributed by atoms with E-state index < -0.39 is 5.97 Å². The van der Waals surface area contributed by atoms with Crippen molar-refractivity contribution in [2.24, 2.45) is 0 Å². The van der Waals surface area contributed by atoms with Gasteiger partial charge in [-0.05, 0) is 31.0 Å². The predicted octanol–water partition coefficient (Wildman–Crippen LogP) is 5.07. The third-order valence-corrected chi connectivity index (χ3v) is 5.11. The maximum absolute atomic E-state index is 11.8. The third kappa shape index (κ3) is 4.44. The van der Waals surface area contributed by atoms with Gasteiger partial charge in [-0.3, -0.25) is 5.10 Å². The van der Waals surface area contributed by atoms with Crippen molar-refractivity contribution in [3.63, 3.8) is 0 Å². The molecule has 8 heteroatoms. The number of esters is 1. The highest BCUT2D eigenvalue weighted by Gasteiger charge is 2.25. The number of nitrogens with zero attached hydrogens (tertiary/aromatic N) is 3. The van der Waals surface area contributed by atoms with Crippen molar-refractivity contribution in [2.75, 3.05) is 12.4 Å². The minimum absolute atomic E-state index is 0.147. The van der Waals surface area contributed by atoms with E-state index in [1.54, 1.807) is 24.3 Å². The van der Waals surface area contributed by atoms with E-state index in [-0.39, 0.29) is 6.01 Å². The Bertz CT molecular complexity index is 1250. The molecule has 2 aromatic heterocycles. The van der Waals surface area contributed by atoms with Crippen molar-refractivity contribution in [1.82, 2.24) is 20.2 Å². The van der Waals surface area contributed by atoms with E-state index in [0.29, 0.717) is 34.6 Å². The number of H-pyrrole nitrogens is 1. The summed E-state index contributed by atoms with van der Waals surface area (Å²) in [4.78, 5) is 20.9. The molecule has 0 spiro atoms. The molecule has 0 atom stereocenters. The molecule has 8 nitrogen and oxygen atoms in total. The van der Waals surface area contributed by atoms with E-state index in [1.165, 1.54) is 20.0 Å². The Morgan fingerprint density at radius 3 is 2.62 bits per heavy atom. The fourth-order valence-electron chi connectivity index (χ4n) is 3.34. The standard InChI is InChI=1S/C24H21N5O3/c1-31-23(30)17-8-5-9-18(12-17)32-24-25-19(15-6-3-2-4-7-15)13-21(27-24)26-22-14-20(28-29-22)16-10-11-16/h2-9,12-14,16H,10-11H2,1H3,(H2,25,26,27,28,29). The normalized spacial score (nSPS) is 12.9. The first kappa shape index (κ1) is 19.7. The Kier molecular flexibility index (Phi) is 5.25. The fraction of sp³-hybridized carbons (Fsp3) is 0.167.